The van der Waals surface area contributed by atoms with Crippen molar-refractivity contribution in [2.45, 2.75) is 19.8 Å². The average molecular weight is 446 g/mol. The predicted molar refractivity (Wildman–Crippen MR) is 126 cm³/mol. The van der Waals surface area contributed by atoms with Crippen LogP contribution in [-0.2, 0) is 25.4 Å². The molecular weight excluding hydrogens is 420 g/mol. The number of rotatable bonds is 8. The first-order chi connectivity index (χ1) is 15.9. The van der Waals surface area contributed by atoms with Gasteiger partial charge in [0.15, 0.2) is 0 Å². The molecule has 0 bridgehead atoms. The van der Waals surface area contributed by atoms with E-state index in [2.05, 4.69) is 6.58 Å². The van der Waals surface area contributed by atoms with Crippen LogP contribution < -0.4 is 0 Å². The molecule has 3 rings (SSSR count). The minimum atomic E-state index is -0.558. The molecular formula is C27H26O6. The van der Waals surface area contributed by atoms with Gasteiger partial charge in [-0.25, -0.2) is 14.4 Å². The quantitative estimate of drug-likeness (QED) is 0.207. The maximum Gasteiger partial charge on any atom is 0.338 e. The lowest BCUT2D eigenvalue weighted by atomic mass is 9.87. The molecule has 6 nitrogen and oxygen atoms in total. The van der Waals surface area contributed by atoms with Gasteiger partial charge in [0.25, 0.3) is 0 Å². The number of hydrogen-bond donors (Lipinski definition) is 0. The minimum Gasteiger partial charge on any atom is -0.465 e. The van der Waals surface area contributed by atoms with Crippen molar-refractivity contribution in [3.8, 4) is 11.1 Å². The van der Waals surface area contributed by atoms with E-state index < -0.39 is 17.9 Å². The number of fused-ring (bicyclic) bond motifs is 1. The van der Waals surface area contributed by atoms with Crippen molar-refractivity contribution in [2.24, 2.45) is 0 Å². The SMILES string of the molecule is C=C(C)C(=O)OCCCc1ccc(C(=O)OC)c(-c2cccc3ccccc23)c1C(=O)OC. The van der Waals surface area contributed by atoms with Gasteiger partial charge >= 0.3 is 17.9 Å². The van der Waals surface area contributed by atoms with E-state index in [4.69, 9.17) is 14.2 Å². The van der Waals surface area contributed by atoms with Crippen LogP contribution in [0.25, 0.3) is 21.9 Å². The maximum atomic E-state index is 13.0. The molecule has 170 valence electrons. The molecule has 33 heavy (non-hydrogen) atoms. The first kappa shape index (κ1) is 23.7. The van der Waals surface area contributed by atoms with Gasteiger partial charge < -0.3 is 14.2 Å². The summed E-state index contributed by atoms with van der Waals surface area (Å²) in [5.74, 6) is -1.57. The third-order valence-electron chi connectivity index (χ3n) is 5.32. The van der Waals surface area contributed by atoms with E-state index in [1.807, 2.05) is 42.5 Å². The van der Waals surface area contributed by atoms with Crippen LogP contribution in [0, 0.1) is 0 Å². The van der Waals surface area contributed by atoms with Crippen LogP contribution >= 0.6 is 0 Å². The molecule has 0 spiro atoms. The van der Waals surface area contributed by atoms with Crippen LogP contribution in [0.3, 0.4) is 0 Å². The topological polar surface area (TPSA) is 78.9 Å². The minimum absolute atomic E-state index is 0.175. The third kappa shape index (κ3) is 5.12. The predicted octanol–water partition coefficient (Wildman–Crippen LogP) is 5.13. The van der Waals surface area contributed by atoms with E-state index in [1.165, 1.54) is 14.2 Å². The Morgan fingerprint density at radius 3 is 2.27 bits per heavy atom. The molecule has 0 aliphatic rings. The van der Waals surface area contributed by atoms with Crippen molar-refractivity contribution < 1.29 is 28.6 Å². The Hall–Kier alpha value is -3.93. The van der Waals surface area contributed by atoms with Gasteiger partial charge in [0.05, 0.1) is 32.0 Å². The molecule has 0 aliphatic carbocycles. The number of carbonyl (C=O) groups is 3. The lowest BCUT2D eigenvalue weighted by molar-refractivity contribution is -0.139. The summed E-state index contributed by atoms with van der Waals surface area (Å²) < 4.78 is 15.3. The molecule has 0 atom stereocenters. The molecule has 0 heterocycles. The highest BCUT2D eigenvalue weighted by Gasteiger charge is 2.26. The smallest absolute Gasteiger partial charge is 0.338 e. The molecule has 0 amide bonds. The molecule has 0 saturated heterocycles. The molecule has 0 fully saturated rings. The van der Waals surface area contributed by atoms with E-state index in [9.17, 15) is 14.4 Å². The largest absolute Gasteiger partial charge is 0.465 e. The summed E-state index contributed by atoms with van der Waals surface area (Å²) >= 11 is 0. The van der Waals surface area contributed by atoms with Crippen LogP contribution in [0.15, 0.2) is 66.7 Å². The van der Waals surface area contributed by atoms with Gasteiger partial charge in [-0.1, -0.05) is 55.1 Å². The number of aryl methyl sites for hydroxylation is 1. The van der Waals surface area contributed by atoms with Crippen molar-refractivity contribution >= 4 is 28.7 Å². The van der Waals surface area contributed by atoms with Crippen molar-refractivity contribution in [2.75, 3.05) is 20.8 Å². The van der Waals surface area contributed by atoms with E-state index in [0.717, 1.165) is 16.3 Å². The highest BCUT2D eigenvalue weighted by atomic mass is 16.5. The summed E-state index contributed by atoms with van der Waals surface area (Å²) in [5.41, 5.74) is 2.76. The lowest BCUT2D eigenvalue weighted by Crippen LogP contribution is -2.14. The van der Waals surface area contributed by atoms with Crippen molar-refractivity contribution in [3.05, 3.63) is 83.4 Å². The molecule has 3 aromatic rings. The summed E-state index contributed by atoms with van der Waals surface area (Å²) in [7, 11) is 2.61. The fraction of sp³-hybridized carbons (Fsp3) is 0.222. The first-order valence-electron chi connectivity index (χ1n) is 10.5. The summed E-state index contributed by atoms with van der Waals surface area (Å²) in [6, 6.07) is 16.8. The maximum absolute atomic E-state index is 13.0. The highest BCUT2D eigenvalue weighted by molar-refractivity contribution is 6.11. The number of benzene rings is 3. The molecule has 6 heteroatoms. The molecule has 0 saturated carbocycles. The molecule has 0 radical (unpaired) electrons. The van der Waals surface area contributed by atoms with Crippen LogP contribution in [0.1, 0.15) is 39.6 Å². The lowest BCUT2D eigenvalue weighted by Gasteiger charge is -2.18. The zero-order valence-corrected chi connectivity index (χ0v) is 19.0. The van der Waals surface area contributed by atoms with Gasteiger partial charge in [0.1, 0.15) is 0 Å². The summed E-state index contributed by atoms with van der Waals surface area (Å²) in [4.78, 5) is 37.3. The normalized spacial score (nSPS) is 10.5. The molecule has 0 unspecified atom stereocenters. The summed E-state index contributed by atoms with van der Waals surface area (Å²) in [6.07, 6.45) is 0.919. The number of methoxy groups -OCH3 is 2. The third-order valence-corrected chi connectivity index (χ3v) is 5.32. The second-order valence-electron chi connectivity index (χ2n) is 7.55. The Bertz CT molecular complexity index is 1220. The van der Waals surface area contributed by atoms with Crippen LogP contribution in [-0.4, -0.2) is 38.7 Å². The van der Waals surface area contributed by atoms with Crippen LogP contribution in [0.4, 0.5) is 0 Å². The average Bonchev–Trinajstić information content (AvgIpc) is 2.84. The zero-order chi connectivity index (χ0) is 24.0. The Balaban J connectivity index is 2.15. The van der Waals surface area contributed by atoms with E-state index in [0.29, 0.717) is 35.1 Å². The number of ether oxygens (including phenoxy) is 3. The van der Waals surface area contributed by atoms with Crippen LogP contribution in [0.5, 0.6) is 0 Å². The molecule has 0 N–H and O–H groups in total. The Morgan fingerprint density at radius 1 is 0.879 bits per heavy atom. The standard InChI is InChI=1S/C27H26O6/c1-17(2)25(28)33-16-8-11-19-14-15-22(26(29)31-3)24(23(19)27(30)32-4)21-13-7-10-18-9-5-6-12-20(18)21/h5-7,9-10,12-15H,1,8,11,16H2,2-4H3. The highest BCUT2D eigenvalue weighted by Crippen LogP contribution is 2.36. The summed E-state index contributed by atoms with van der Waals surface area (Å²) in [6.45, 7) is 5.32. The van der Waals surface area contributed by atoms with E-state index in [1.54, 1.807) is 19.1 Å². The van der Waals surface area contributed by atoms with Crippen molar-refractivity contribution in [3.63, 3.8) is 0 Å². The van der Waals surface area contributed by atoms with Gasteiger partial charge in [-0.3, -0.25) is 0 Å². The fourth-order valence-corrected chi connectivity index (χ4v) is 3.74. The van der Waals surface area contributed by atoms with E-state index >= 15 is 0 Å². The van der Waals surface area contributed by atoms with Crippen LogP contribution in [0.2, 0.25) is 0 Å². The van der Waals surface area contributed by atoms with E-state index in [-0.39, 0.29) is 12.2 Å². The number of esters is 3. The van der Waals surface area contributed by atoms with Crippen molar-refractivity contribution in [1.82, 2.24) is 0 Å². The first-order valence-corrected chi connectivity index (χ1v) is 10.5. The number of carbonyl (C=O) groups excluding carboxylic acids is 3. The fourth-order valence-electron chi connectivity index (χ4n) is 3.74. The molecule has 0 aromatic heterocycles. The van der Waals surface area contributed by atoms with Gasteiger partial charge in [0.2, 0.25) is 0 Å². The van der Waals surface area contributed by atoms with Gasteiger partial charge in [-0.05, 0) is 47.7 Å². The zero-order valence-electron chi connectivity index (χ0n) is 19.0. The summed E-state index contributed by atoms with van der Waals surface area (Å²) in [5, 5.41) is 1.86. The Labute approximate surface area is 192 Å². The second-order valence-corrected chi connectivity index (χ2v) is 7.55. The Morgan fingerprint density at radius 2 is 1.58 bits per heavy atom. The molecule has 0 aliphatic heterocycles. The monoisotopic (exact) mass is 446 g/mol. The molecule has 3 aromatic carbocycles. The van der Waals surface area contributed by atoms with Gasteiger partial charge in [-0.15, -0.1) is 0 Å². The second kappa shape index (κ2) is 10.6. The van der Waals surface area contributed by atoms with Crippen molar-refractivity contribution in [1.29, 1.82) is 0 Å². The van der Waals surface area contributed by atoms with Gasteiger partial charge in [0, 0.05) is 11.1 Å². The number of hydrogen-bond acceptors (Lipinski definition) is 6. The van der Waals surface area contributed by atoms with Gasteiger partial charge in [-0.2, -0.15) is 0 Å². The Kier molecular flexibility index (Phi) is 7.61.